The Bertz CT molecular complexity index is 600. The van der Waals surface area contributed by atoms with Gasteiger partial charge >= 0.3 is 0 Å². The molecule has 1 atom stereocenters. The Morgan fingerprint density at radius 1 is 1.11 bits per heavy atom. The SMILES string of the molecule is Clc1ccc(Cl)c(NC2CCOc3ccccc32)c1. The molecule has 0 amide bonds. The predicted molar refractivity (Wildman–Crippen MR) is 79.4 cm³/mol. The van der Waals surface area contributed by atoms with E-state index < -0.39 is 0 Å². The predicted octanol–water partition coefficient (Wildman–Crippen LogP) is 4.93. The monoisotopic (exact) mass is 293 g/mol. The van der Waals surface area contributed by atoms with E-state index in [-0.39, 0.29) is 6.04 Å². The van der Waals surface area contributed by atoms with E-state index in [4.69, 9.17) is 27.9 Å². The summed E-state index contributed by atoms with van der Waals surface area (Å²) >= 11 is 12.2. The van der Waals surface area contributed by atoms with Gasteiger partial charge < -0.3 is 10.1 Å². The van der Waals surface area contributed by atoms with Gasteiger partial charge in [0.1, 0.15) is 5.75 Å². The summed E-state index contributed by atoms with van der Waals surface area (Å²) in [5.74, 6) is 0.935. The Morgan fingerprint density at radius 2 is 1.95 bits per heavy atom. The van der Waals surface area contributed by atoms with Crippen LogP contribution in [0.15, 0.2) is 42.5 Å². The fraction of sp³-hybridized carbons (Fsp3) is 0.200. The maximum absolute atomic E-state index is 6.19. The van der Waals surface area contributed by atoms with Crippen molar-refractivity contribution in [1.29, 1.82) is 0 Å². The summed E-state index contributed by atoms with van der Waals surface area (Å²) in [6, 6.07) is 13.7. The van der Waals surface area contributed by atoms with Crippen LogP contribution in [0.1, 0.15) is 18.0 Å². The third-order valence-electron chi connectivity index (χ3n) is 3.22. The Hall–Kier alpha value is -1.38. The van der Waals surface area contributed by atoms with Crippen molar-refractivity contribution >= 4 is 28.9 Å². The van der Waals surface area contributed by atoms with Crippen molar-refractivity contribution in [3.8, 4) is 5.75 Å². The highest BCUT2D eigenvalue weighted by Crippen LogP contribution is 2.36. The molecule has 0 bridgehead atoms. The summed E-state index contributed by atoms with van der Waals surface area (Å²) in [6.45, 7) is 0.701. The van der Waals surface area contributed by atoms with Crippen LogP contribution in [0.4, 0.5) is 5.69 Å². The summed E-state index contributed by atoms with van der Waals surface area (Å²) in [7, 11) is 0. The van der Waals surface area contributed by atoms with Crippen LogP contribution in [0, 0.1) is 0 Å². The highest BCUT2D eigenvalue weighted by atomic mass is 35.5. The maximum atomic E-state index is 6.19. The molecule has 0 fully saturated rings. The Kier molecular flexibility index (Phi) is 3.54. The van der Waals surface area contributed by atoms with E-state index in [1.165, 1.54) is 0 Å². The molecule has 19 heavy (non-hydrogen) atoms. The summed E-state index contributed by atoms with van der Waals surface area (Å²) in [5, 5.41) is 4.80. The third kappa shape index (κ3) is 2.65. The molecule has 1 aliphatic heterocycles. The molecule has 2 nitrogen and oxygen atoms in total. The molecule has 0 aliphatic carbocycles. The fourth-order valence-corrected chi connectivity index (χ4v) is 2.63. The van der Waals surface area contributed by atoms with Gasteiger partial charge in [0.25, 0.3) is 0 Å². The number of rotatable bonds is 2. The lowest BCUT2D eigenvalue weighted by molar-refractivity contribution is 0.274. The lowest BCUT2D eigenvalue weighted by Crippen LogP contribution is -2.20. The first-order valence-corrected chi connectivity index (χ1v) is 6.93. The molecule has 0 saturated carbocycles. The molecule has 2 aromatic carbocycles. The standard InChI is InChI=1S/C15H13Cl2NO/c16-10-5-6-12(17)14(9-10)18-13-7-8-19-15-4-2-1-3-11(13)15/h1-6,9,13,18H,7-8H2. The van der Waals surface area contributed by atoms with Crippen LogP contribution in [-0.2, 0) is 0 Å². The quantitative estimate of drug-likeness (QED) is 0.848. The number of halogens is 2. The molecule has 1 heterocycles. The van der Waals surface area contributed by atoms with Gasteiger partial charge in [0, 0.05) is 17.0 Å². The van der Waals surface area contributed by atoms with E-state index in [2.05, 4.69) is 11.4 Å². The van der Waals surface area contributed by atoms with Gasteiger partial charge in [-0.15, -0.1) is 0 Å². The number of fused-ring (bicyclic) bond motifs is 1. The van der Waals surface area contributed by atoms with Gasteiger partial charge in [0.15, 0.2) is 0 Å². The molecule has 1 unspecified atom stereocenters. The van der Waals surface area contributed by atoms with E-state index in [1.54, 1.807) is 12.1 Å². The van der Waals surface area contributed by atoms with E-state index in [0.717, 1.165) is 23.4 Å². The van der Waals surface area contributed by atoms with Crippen molar-refractivity contribution in [2.45, 2.75) is 12.5 Å². The normalized spacial score (nSPS) is 17.5. The van der Waals surface area contributed by atoms with Gasteiger partial charge in [-0.25, -0.2) is 0 Å². The topological polar surface area (TPSA) is 21.3 Å². The van der Waals surface area contributed by atoms with Crippen molar-refractivity contribution in [3.05, 3.63) is 58.1 Å². The van der Waals surface area contributed by atoms with Gasteiger partial charge in [-0.3, -0.25) is 0 Å². The second-order valence-corrected chi connectivity index (χ2v) is 5.34. The number of ether oxygens (including phenoxy) is 1. The molecule has 1 aliphatic rings. The zero-order valence-electron chi connectivity index (χ0n) is 10.2. The minimum Gasteiger partial charge on any atom is -0.493 e. The average molecular weight is 294 g/mol. The van der Waals surface area contributed by atoms with Gasteiger partial charge in [0.2, 0.25) is 0 Å². The Balaban J connectivity index is 1.90. The van der Waals surface area contributed by atoms with Crippen LogP contribution in [-0.4, -0.2) is 6.61 Å². The first-order chi connectivity index (χ1) is 9.24. The van der Waals surface area contributed by atoms with Gasteiger partial charge in [0.05, 0.1) is 23.4 Å². The summed E-state index contributed by atoms with van der Waals surface area (Å²) < 4.78 is 5.65. The van der Waals surface area contributed by atoms with E-state index in [0.29, 0.717) is 16.7 Å². The van der Waals surface area contributed by atoms with Gasteiger partial charge in [-0.2, -0.15) is 0 Å². The van der Waals surface area contributed by atoms with Crippen LogP contribution in [0.3, 0.4) is 0 Å². The molecule has 0 radical (unpaired) electrons. The molecule has 2 aromatic rings. The summed E-state index contributed by atoms with van der Waals surface area (Å²) in [6.07, 6.45) is 0.903. The number of hydrogen-bond donors (Lipinski definition) is 1. The summed E-state index contributed by atoms with van der Waals surface area (Å²) in [5.41, 5.74) is 2.01. The number of para-hydroxylation sites is 1. The van der Waals surface area contributed by atoms with Crippen LogP contribution < -0.4 is 10.1 Å². The van der Waals surface area contributed by atoms with E-state index in [1.807, 2.05) is 24.3 Å². The van der Waals surface area contributed by atoms with E-state index in [9.17, 15) is 0 Å². The number of nitrogens with one attached hydrogen (secondary N) is 1. The molecule has 0 spiro atoms. The van der Waals surface area contributed by atoms with Crippen LogP contribution in [0.25, 0.3) is 0 Å². The average Bonchev–Trinajstić information content (AvgIpc) is 2.43. The van der Waals surface area contributed by atoms with Gasteiger partial charge in [-0.1, -0.05) is 41.4 Å². The second kappa shape index (κ2) is 5.32. The highest BCUT2D eigenvalue weighted by Gasteiger charge is 2.21. The van der Waals surface area contributed by atoms with Crippen LogP contribution in [0.2, 0.25) is 10.0 Å². The minimum atomic E-state index is 0.195. The van der Waals surface area contributed by atoms with Crippen LogP contribution >= 0.6 is 23.2 Å². The minimum absolute atomic E-state index is 0.195. The molecule has 0 aromatic heterocycles. The van der Waals surface area contributed by atoms with Crippen molar-refractivity contribution < 1.29 is 4.74 Å². The largest absolute Gasteiger partial charge is 0.493 e. The lowest BCUT2D eigenvalue weighted by Gasteiger charge is -2.27. The smallest absolute Gasteiger partial charge is 0.124 e. The highest BCUT2D eigenvalue weighted by molar-refractivity contribution is 6.35. The van der Waals surface area contributed by atoms with Gasteiger partial charge in [-0.05, 0) is 24.3 Å². The molecule has 0 saturated heterocycles. The Labute approximate surface area is 122 Å². The molecular weight excluding hydrogens is 281 g/mol. The fourth-order valence-electron chi connectivity index (χ4n) is 2.29. The van der Waals surface area contributed by atoms with Crippen molar-refractivity contribution in [2.24, 2.45) is 0 Å². The molecular formula is C15H13Cl2NO. The van der Waals surface area contributed by atoms with E-state index >= 15 is 0 Å². The number of anilines is 1. The lowest BCUT2D eigenvalue weighted by atomic mass is 10.0. The van der Waals surface area contributed by atoms with Crippen LogP contribution in [0.5, 0.6) is 5.75 Å². The van der Waals surface area contributed by atoms with Crippen molar-refractivity contribution in [1.82, 2.24) is 0 Å². The zero-order valence-corrected chi connectivity index (χ0v) is 11.7. The maximum Gasteiger partial charge on any atom is 0.124 e. The summed E-state index contributed by atoms with van der Waals surface area (Å²) in [4.78, 5) is 0. The molecule has 3 rings (SSSR count). The second-order valence-electron chi connectivity index (χ2n) is 4.50. The number of benzene rings is 2. The van der Waals surface area contributed by atoms with Crippen molar-refractivity contribution in [3.63, 3.8) is 0 Å². The molecule has 1 N–H and O–H groups in total. The Morgan fingerprint density at radius 3 is 2.84 bits per heavy atom. The van der Waals surface area contributed by atoms with Crippen molar-refractivity contribution in [2.75, 3.05) is 11.9 Å². The third-order valence-corrected chi connectivity index (χ3v) is 3.78. The molecule has 4 heteroatoms. The first kappa shape index (κ1) is 12.6. The molecule has 98 valence electrons. The first-order valence-electron chi connectivity index (χ1n) is 6.17. The number of hydrogen-bond acceptors (Lipinski definition) is 2. The zero-order chi connectivity index (χ0) is 13.2.